The number of carbonyl (C=O) groups is 1. The number of benzene rings is 1. The van der Waals surface area contributed by atoms with Crippen molar-refractivity contribution in [1.29, 1.82) is 0 Å². The van der Waals surface area contributed by atoms with E-state index >= 15 is 0 Å². The van der Waals surface area contributed by atoms with Gasteiger partial charge in [0.05, 0.1) is 11.2 Å². The summed E-state index contributed by atoms with van der Waals surface area (Å²) in [5, 5.41) is 0. The number of furan rings is 1. The van der Waals surface area contributed by atoms with E-state index in [1.54, 1.807) is 18.4 Å². The zero-order valence-corrected chi connectivity index (χ0v) is 13.0. The Kier molecular flexibility index (Phi) is 3.88. The average Bonchev–Trinajstić information content (AvgIpc) is 3.18. The van der Waals surface area contributed by atoms with Crippen molar-refractivity contribution in [2.45, 2.75) is 24.2 Å². The first-order valence-corrected chi connectivity index (χ1v) is 8.57. The van der Waals surface area contributed by atoms with Gasteiger partial charge < -0.3 is 4.42 Å². The predicted molar refractivity (Wildman–Crippen MR) is 81.3 cm³/mol. The standard InChI is InChI=1S/C16H17NO4S/c1-12(18)13-4-6-15(7-5-13)22(19,20)17-9-8-14(11-17)16-3-2-10-21-16/h2-7,10,14H,8-9,11H2,1H3. The molecule has 2 heterocycles. The Bertz CT molecular complexity index is 763. The molecule has 1 unspecified atom stereocenters. The Morgan fingerprint density at radius 1 is 1.23 bits per heavy atom. The van der Waals surface area contributed by atoms with Crippen LogP contribution in [-0.4, -0.2) is 31.6 Å². The molecule has 1 aliphatic heterocycles. The van der Waals surface area contributed by atoms with Crippen LogP contribution in [0.25, 0.3) is 0 Å². The third kappa shape index (κ3) is 2.71. The van der Waals surface area contributed by atoms with Crippen LogP contribution in [0.4, 0.5) is 0 Å². The third-order valence-corrected chi connectivity index (χ3v) is 5.87. The average molecular weight is 319 g/mol. The fraction of sp³-hybridized carbons (Fsp3) is 0.312. The normalized spacial score (nSPS) is 19.4. The highest BCUT2D eigenvalue weighted by Gasteiger charge is 2.34. The van der Waals surface area contributed by atoms with Gasteiger partial charge >= 0.3 is 0 Å². The summed E-state index contributed by atoms with van der Waals surface area (Å²) >= 11 is 0. The van der Waals surface area contributed by atoms with Crippen molar-refractivity contribution in [1.82, 2.24) is 4.31 Å². The molecule has 0 bridgehead atoms. The van der Waals surface area contributed by atoms with Crippen LogP contribution < -0.4 is 0 Å². The van der Waals surface area contributed by atoms with Gasteiger partial charge in [-0.3, -0.25) is 4.79 Å². The first-order chi connectivity index (χ1) is 10.5. The molecule has 22 heavy (non-hydrogen) atoms. The van der Waals surface area contributed by atoms with Crippen LogP contribution in [0.5, 0.6) is 0 Å². The molecule has 1 saturated heterocycles. The summed E-state index contributed by atoms with van der Waals surface area (Å²) in [7, 11) is -3.52. The van der Waals surface area contributed by atoms with Crippen LogP contribution in [0.3, 0.4) is 0 Å². The van der Waals surface area contributed by atoms with E-state index in [0.717, 1.165) is 12.2 Å². The van der Waals surface area contributed by atoms with Crippen molar-refractivity contribution in [2.75, 3.05) is 13.1 Å². The fourth-order valence-electron chi connectivity index (χ4n) is 2.71. The van der Waals surface area contributed by atoms with E-state index in [1.807, 2.05) is 12.1 Å². The molecule has 0 spiro atoms. The minimum atomic E-state index is -3.52. The van der Waals surface area contributed by atoms with Gasteiger partial charge in [-0.1, -0.05) is 12.1 Å². The SMILES string of the molecule is CC(=O)c1ccc(S(=O)(=O)N2CCC(c3ccco3)C2)cc1. The van der Waals surface area contributed by atoms with Gasteiger partial charge in [0.15, 0.2) is 5.78 Å². The second-order valence-corrected chi connectivity index (χ2v) is 7.38. The number of Topliss-reactive ketones (excluding diaryl/α,β-unsaturated/α-hetero) is 1. The summed E-state index contributed by atoms with van der Waals surface area (Å²) < 4.78 is 32.1. The van der Waals surface area contributed by atoms with E-state index in [9.17, 15) is 13.2 Å². The summed E-state index contributed by atoms with van der Waals surface area (Å²) in [5.41, 5.74) is 0.508. The van der Waals surface area contributed by atoms with Crippen LogP contribution in [0.1, 0.15) is 35.4 Å². The molecule has 5 nitrogen and oxygen atoms in total. The summed E-state index contributed by atoms with van der Waals surface area (Å²) in [6, 6.07) is 9.78. The number of hydrogen-bond acceptors (Lipinski definition) is 4. The monoisotopic (exact) mass is 319 g/mol. The van der Waals surface area contributed by atoms with Crippen LogP contribution in [0, 0.1) is 0 Å². The van der Waals surface area contributed by atoms with Crippen LogP contribution in [-0.2, 0) is 10.0 Å². The van der Waals surface area contributed by atoms with Gasteiger partial charge in [0.1, 0.15) is 5.76 Å². The Morgan fingerprint density at radius 2 is 1.95 bits per heavy atom. The maximum atomic E-state index is 12.6. The molecule has 0 saturated carbocycles. The molecule has 0 amide bonds. The first-order valence-electron chi connectivity index (χ1n) is 7.13. The number of hydrogen-bond donors (Lipinski definition) is 0. The van der Waals surface area contributed by atoms with E-state index in [2.05, 4.69) is 0 Å². The van der Waals surface area contributed by atoms with Crippen LogP contribution in [0.2, 0.25) is 0 Å². The lowest BCUT2D eigenvalue weighted by Crippen LogP contribution is -2.28. The zero-order chi connectivity index (χ0) is 15.7. The van der Waals surface area contributed by atoms with E-state index in [4.69, 9.17) is 4.42 Å². The molecule has 0 radical (unpaired) electrons. The maximum absolute atomic E-state index is 12.6. The third-order valence-electron chi connectivity index (χ3n) is 4.00. The number of sulfonamides is 1. The molecule has 1 aromatic carbocycles. The fourth-order valence-corrected chi connectivity index (χ4v) is 4.21. The zero-order valence-electron chi connectivity index (χ0n) is 12.2. The summed E-state index contributed by atoms with van der Waals surface area (Å²) in [5.74, 6) is 0.842. The van der Waals surface area contributed by atoms with Gasteiger partial charge in [0.25, 0.3) is 0 Å². The van der Waals surface area contributed by atoms with Gasteiger partial charge in [0.2, 0.25) is 10.0 Å². The number of ketones is 1. The highest BCUT2D eigenvalue weighted by atomic mass is 32.2. The highest BCUT2D eigenvalue weighted by molar-refractivity contribution is 7.89. The first kappa shape index (κ1) is 15.0. The summed E-state index contributed by atoms with van der Waals surface area (Å²) in [4.78, 5) is 11.5. The minimum absolute atomic E-state index is 0.0806. The molecule has 1 aromatic heterocycles. The lowest BCUT2D eigenvalue weighted by Gasteiger charge is -2.16. The topological polar surface area (TPSA) is 67.6 Å². The minimum Gasteiger partial charge on any atom is -0.469 e. The van der Waals surface area contributed by atoms with Gasteiger partial charge in [-0.2, -0.15) is 4.31 Å². The molecule has 0 N–H and O–H groups in total. The molecule has 6 heteroatoms. The predicted octanol–water partition coefficient (Wildman–Crippen LogP) is 2.66. The highest BCUT2D eigenvalue weighted by Crippen LogP contribution is 2.31. The molecule has 1 aliphatic rings. The van der Waals surface area contributed by atoms with E-state index in [1.165, 1.54) is 23.4 Å². The number of rotatable bonds is 4. The van der Waals surface area contributed by atoms with E-state index in [0.29, 0.717) is 18.7 Å². The molecular formula is C16H17NO4S. The summed E-state index contributed by atoms with van der Waals surface area (Å²) in [6.45, 7) is 2.35. The van der Waals surface area contributed by atoms with Crippen molar-refractivity contribution < 1.29 is 17.6 Å². The Morgan fingerprint density at radius 3 is 2.55 bits per heavy atom. The van der Waals surface area contributed by atoms with Gasteiger partial charge in [0, 0.05) is 24.6 Å². The lowest BCUT2D eigenvalue weighted by atomic mass is 10.1. The van der Waals surface area contributed by atoms with E-state index in [-0.39, 0.29) is 16.6 Å². The molecule has 2 aromatic rings. The lowest BCUT2D eigenvalue weighted by molar-refractivity contribution is 0.101. The van der Waals surface area contributed by atoms with Gasteiger partial charge in [-0.15, -0.1) is 0 Å². The Balaban J connectivity index is 1.80. The summed E-state index contributed by atoms with van der Waals surface area (Å²) in [6.07, 6.45) is 2.35. The van der Waals surface area contributed by atoms with Crippen molar-refractivity contribution in [3.8, 4) is 0 Å². The van der Waals surface area contributed by atoms with Crippen molar-refractivity contribution >= 4 is 15.8 Å². The number of nitrogens with zero attached hydrogens (tertiary/aromatic N) is 1. The Labute approximate surface area is 129 Å². The van der Waals surface area contributed by atoms with Gasteiger partial charge in [-0.05, 0) is 37.6 Å². The second-order valence-electron chi connectivity index (χ2n) is 5.44. The molecule has 0 aliphatic carbocycles. The Hall–Kier alpha value is -1.92. The molecule has 3 rings (SSSR count). The second kappa shape index (κ2) is 5.70. The van der Waals surface area contributed by atoms with Crippen molar-refractivity contribution in [2.24, 2.45) is 0 Å². The molecule has 1 fully saturated rings. The number of carbonyl (C=O) groups excluding carboxylic acids is 1. The van der Waals surface area contributed by atoms with E-state index < -0.39 is 10.0 Å². The maximum Gasteiger partial charge on any atom is 0.243 e. The largest absolute Gasteiger partial charge is 0.469 e. The quantitative estimate of drug-likeness (QED) is 0.813. The van der Waals surface area contributed by atoms with Crippen LogP contribution >= 0.6 is 0 Å². The van der Waals surface area contributed by atoms with Crippen molar-refractivity contribution in [3.63, 3.8) is 0 Å². The molecule has 1 atom stereocenters. The molecule has 116 valence electrons. The van der Waals surface area contributed by atoms with Crippen molar-refractivity contribution in [3.05, 3.63) is 54.0 Å². The van der Waals surface area contributed by atoms with Gasteiger partial charge in [-0.25, -0.2) is 8.42 Å². The smallest absolute Gasteiger partial charge is 0.243 e. The molecular weight excluding hydrogens is 302 g/mol. The van der Waals surface area contributed by atoms with Crippen LogP contribution in [0.15, 0.2) is 52.0 Å².